The minimum atomic E-state index is -0.665. The number of hydrogen-bond donors (Lipinski definition) is 0. The molecule has 0 fully saturated rings. The van der Waals surface area contributed by atoms with Crippen LogP contribution in [-0.4, -0.2) is 93.0 Å². The van der Waals surface area contributed by atoms with Crippen molar-refractivity contribution in [3.05, 3.63) is 93.0 Å². The van der Waals surface area contributed by atoms with Crippen molar-refractivity contribution in [2.75, 3.05) is 26.2 Å². The van der Waals surface area contributed by atoms with Gasteiger partial charge in [-0.05, 0) is 72.2 Å². The van der Waals surface area contributed by atoms with Crippen LogP contribution in [0.4, 0.5) is 0 Å². The molecule has 0 saturated heterocycles. The van der Waals surface area contributed by atoms with Crippen molar-refractivity contribution in [2.45, 2.75) is 0 Å². The molecular weight excluding hydrogens is 664 g/mol. The van der Waals surface area contributed by atoms with Gasteiger partial charge in [0.25, 0.3) is 47.3 Å². The summed E-state index contributed by atoms with van der Waals surface area (Å²) in [5.74, 6) is 15.6. The van der Waals surface area contributed by atoms with Crippen LogP contribution in [0, 0.1) is 47.4 Å². The third-order valence-electron chi connectivity index (χ3n) is 9.55. The number of benzene rings is 4. The third kappa shape index (κ3) is 3.98. The van der Waals surface area contributed by atoms with Crippen molar-refractivity contribution in [1.82, 2.24) is 19.6 Å². The Labute approximate surface area is 292 Å². The van der Waals surface area contributed by atoms with Crippen LogP contribution in [-0.2, 0) is 0 Å². The predicted octanol–water partition coefficient (Wildman–Crippen LogP) is 2.10. The van der Waals surface area contributed by atoms with Crippen molar-refractivity contribution in [1.29, 1.82) is 0 Å². The SMILES string of the molecule is O=C1c2ccc3c4c5ccc(c24)C(=O)N1CC#CC#CCN1C(=O)c2ccc4c6c(ccc(c26)C1=O)C(=O)N(CC#CC#CCN(C3=O)C5=O)C4=O. The standard InChI is InChI=1S/C40H16N4O8/c45-33-21-9-11-25-31-26-12-10-22(29(21)31)34(46)41(33)17-5-1-2-6-18-42-35(47)23-13-15-27-32-28(16-14-24(30(23)32)36(42)48)40(52)44(39(27)51)20-8-4-3-7-19-43(37(25)49)38(26)50/h9-16H,17-20H2. The van der Waals surface area contributed by atoms with Gasteiger partial charge in [0.1, 0.15) is 0 Å². The van der Waals surface area contributed by atoms with Crippen LogP contribution in [0.3, 0.4) is 0 Å². The van der Waals surface area contributed by atoms with Crippen molar-refractivity contribution in [3.8, 4) is 47.4 Å². The number of carbonyl (C=O) groups excluding carboxylic acids is 8. The average Bonchev–Trinajstić information content (AvgIpc) is 3.14. The lowest BCUT2D eigenvalue weighted by Gasteiger charge is -2.30. The predicted molar refractivity (Wildman–Crippen MR) is 180 cm³/mol. The van der Waals surface area contributed by atoms with Gasteiger partial charge in [-0.3, -0.25) is 58.0 Å². The average molecular weight is 681 g/mol. The maximum absolute atomic E-state index is 13.5. The number of carbonyl (C=O) groups is 8. The number of hydrogen-bond acceptors (Lipinski definition) is 8. The lowest BCUT2D eigenvalue weighted by atomic mass is 9.86. The third-order valence-corrected chi connectivity index (χ3v) is 9.55. The molecule has 244 valence electrons. The summed E-state index contributed by atoms with van der Waals surface area (Å²) in [6.07, 6.45) is 0. The Morgan fingerprint density at radius 2 is 0.442 bits per heavy atom. The molecule has 0 spiro atoms. The zero-order valence-electron chi connectivity index (χ0n) is 26.5. The summed E-state index contributed by atoms with van der Waals surface area (Å²) < 4.78 is 0. The molecule has 12 heteroatoms. The first kappa shape index (κ1) is 30.3. The summed E-state index contributed by atoms with van der Waals surface area (Å²) in [6.45, 7) is -1.33. The lowest BCUT2D eigenvalue weighted by molar-refractivity contribution is 0.0610. The molecule has 0 aliphatic carbocycles. The fourth-order valence-electron chi connectivity index (χ4n) is 7.17. The Hall–Kier alpha value is -7.80. The van der Waals surface area contributed by atoms with E-state index in [1.165, 1.54) is 48.5 Å². The molecule has 0 unspecified atom stereocenters. The van der Waals surface area contributed by atoms with Crippen LogP contribution in [0.15, 0.2) is 48.5 Å². The highest BCUT2D eigenvalue weighted by molar-refractivity contribution is 6.34. The van der Waals surface area contributed by atoms with Crippen LogP contribution < -0.4 is 0 Å². The van der Waals surface area contributed by atoms with E-state index in [2.05, 4.69) is 47.4 Å². The monoisotopic (exact) mass is 680 g/mol. The molecule has 0 saturated carbocycles. The zero-order valence-corrected chi connectivity index (χ0v) is 26.5. The number of amides is 8. The van der Waals surface area contributed by atoms with E-state index in [0.717, 1.165) is 19.6 Å². The molecule has 8 amide bonds. The number of imide groups is 4. The van der Waals surface area contributed by atoms with Gasteiger partial charge in [0.15, 0.2) is 0 Å². The Bertz CT molecular complexity index is 2330. The normalized spacial score (nSPS) is 17.1. The zero-order chi connectivity index (χ0) is 36.0. The van der Waals surface area contributed by atoms with Gasteiger partial charge in [-0.15, -0.1) is 0 Å². The maximum Gasteiger partial charge on any atom is 0.262 e. The van der Waals surface area contributed by atoms with Crippen LogP contribution in [0.5, 0.6) is 0 Å². The Balaban J connectivity index is 1.14. The Morgan fingerprint density at radius 1 is 0.288 bits per heavy atom. The molecule has 0 radical (unpaired) electrons. The van der Waals surface area contributed by atoms with Crippen LogP contribution in [0.2, 0.25) is 0 Å². The van der Waals surface area contributed by atoms with Crippen molar-refractivity contribution < 1.29 is 38.4 Å². The van der Waals surface area contributed by atoms with Gasteiger partial charge in [0.05, 0.1) is 26.2 Å². The first-order valence-corrected chi connectivity index (χ1v) is 15.7. The molecule has 16 bridgehead atoms. The molecule has 15 aliphatic heterocycles. The summed E-state index contributed by atoms with van der Waals surface area (Å²) in [5.41, 5.74) is 0.972. The quantitative estimate of drug-likeness (QED) is 0.203. The van der Waals surface area contributed by atoms with Crippen molar-refractivity contribution in [3.63, 3.8) is 0 Å². The molecule has 0 N–H and O–H groups in total. The highest BCUT2D eigenvalue weighted by Gasteiger charge is 2.41. The van der Waals surface area contributed by atoms with E-state index in [9.17, 15) is 38.4 Å². The largest absolute Gasteiger partial charge is 0.269 e. The van der Waals surface area contributed by atoms with E-state index in [0.29, 0.717) is 0 Å². The fourth-order valence-corrected chi connectivity index (χ4v) is 7.17. The summed E-state index contributed by atoms with van der Waals surface area (Å²) in [7, 11) is 0. The molecular formula is C40H16N4O8. The fraction of sp³-hybridized carbons (Fsp3) is 0.100. The second-order valence-corrected chi connectivity index (χ2v) is 12.1. The first-order valence-electron chi connectivity index (χ1n) is 15.7. The Kier molecular flexibility index (Phi) is 6.32. The van der Waals surface area contributed by atoms with Gasteiger partial charge >= 0.3 is 0 Å². The van der Waals surface area contributed by atoms with Crippen molar-refractivity contribution >= 4 is 68.8 Å². The molecule has 4 aromatic rings. The van der Waals surface area contributed by atoms with Gasteiger partial charge in [-0.2, -0.15) is 0 Å². The van der Waals surface area contributed by atoms with E-state index in [-0.39, 0.29) is 92.2 Å². The number of nitrogens with zero attached hydrogens (tertiary/aromatic N) is 4. The molecule has 15 aliphatic rings. The van der Waals surface area contributed by atoms with Gasteiger partial charge in [0.2, 0.25) is 0 Å². The molecule has 19 rings (SSSR count). The molecule has 0 atom stereocenters. The second-order valence-electron chi connectivity index (χ2n) is 12.1. The second kappa shape index (κ2) is 10.9. The highest BCUT2D eigenvalue weighted by Crippen LogP contribution is 2.39. The van der Waals surface area contributed by atoms with Gasteiger partial charge in [-0.25, -0.2) is 0 Å². The van der Waals surface area contributed by atoms with E-state index >= 15 is 0 Å². The summed E-state index contributed by atoms with van der Waals surface area (Å²) in [4.78, 5) is 112. The van der Waals surface area contributed by atoms with Crippen LogP contribution in [0.25, 0.3) is 21.5 Å². The van der Waals surface area contributed by atoms with Crippen LogP contribution >= 0.6 is 0 Å². The Morgan fingerprint density at radius 3 is 0.596 bits per heavy atom. The van der Waals surface area contributed by atoms with E-state index in [1.807, 2.05) is 0 Å². The summed E-state index contributed by atoms with van der Waals surface area (Å²) >= 11 is 0. The molecule has 12 nitrogen and oxygen atoms in total. The van der Waals surface area contributed by atoms with Gasteiger partial charge in [0, 0.05) is 66.1 Å². The first-order chi connectivity index (χ1) is 25.2. The summed E-state index contributed by atoms with van der Waals surface area (Å²) in [5, 5.41) is 0.787. The van der Waals surface area contributed by atoms with E-state index in [4.69, 9.17) is 0 Å². The van der Waals surface area contributed by atoms with Crippen molar-refractivity contribution in [2.24, 2.45) is 0 Å². The number of rotatable bonds is 0. The minimum Gasteiger partial charge on any atom is -0.269 e. The lowest BCUT2D eigenvalue weighted by Crippen LogP contribution is -2.43. The summed E-state index contributed by atoms with van der Waals surface area (Å²) in [6, 6.07) is 11.4. The topological polar surface area (TPSA) is 150 Å². The smallest absolute Gasteiger partial charge is 0.262 e. The minimum absolute atomic E-state index is 0.121. The highest BCUT2D eigenvalue weighted by atomic mass is 16.2. The molecule has 0 aromatic heterocycles. The molecule has 52 heavy (non-hydrogen) atoms. The maximum atomic E-state index is 13.5. The molecule has 4 aromatic carbocycles. The van der Waals surface area contributed by atoms with E-state index < -0.39 is 47.3 Å². The van der Waals surface area contributed by atoms with Gasteiger partial charge in [-0.1, -0.05) is 23.7 Å². The molecule has 15 heterocycles. The van der Waals surface area contributed by atoms with Gasteiger partial charge < -0.3 is 0 Å². The van der Waals surface area contributed by atoms with Crippen LogP contribution in [0.1, 0.15) is 82.9 Å². The van der Waals surface area contributed by atoms with E-state index in [1.54, 1.807) is 0 Å².